The van der Waals surface area contributed by atoms with Crippen molar-refractivity contribution in [1.29, 1.82) is 5.26 Å². The summed E-state index contributed by atoms with van der Waals surface area (Å²) in [4.78, 5) is 11.4. The first-order valence-corrected chi connectivity index (χ1v) is 4.92. The first-order valence-electron chi connectivity index (χ1n) is 4.00. The first-order chi connectivity index (χ1) is 7.13. The van der Waals surface area contributed by atoms with Crippen molar-refractivity contribution >= 4 is 29.2 Å². The Morgan fingerprint density at radius 1 is 1.60 bits per heavy atom. The van der Waals surface area contributed by atoms with Gasteiger partial charge in [0.05, 0.1) is 29.3 Å². The van der Waals surface area contributed by atoms with Crippen LogP contribution in [0.3, 0.4) is 0 Å². The summed E-state index contributed by atoms with van der Waals surface area (Å²) in [6.45, 7) is 0. The van der Waals surface area contributed by atoms with Crippen molar-refractivity contribution in [2.75, 3.05) is 7.11 Å². The van der Waals surface area contributed by atoms with Crippen LogP contribution >= 0.6 is 23.2 Å². The molecule has 1 rings (SSSR count). The van der Waals surface area contributed by atoms with Crippen LogP contribution in [-0.4, -0.2) is 13.1 Å². The summed E-state index contributed by atoms with van der Waals surface area (Å²) in [7, 11) is 1.26. The fourth-order valence-electron chi connectivity index (χ4n) is 1.16. The van der Waals surface area contributed by atoms with Crippen molar-refractivity contribution in [1.82, 2.24) is 0 Å². The van der Waals surface area contributed by atoms with Crippen LogP contribution in [0.1, 0.15) is 21.5 Å². The Kier molecular flexibility index (Phi) is 3.96. The predicted octanol–water partition coefficient (Wildman–Crippen LogP) is 2.74. The van der Waals surface area contributed by atoms with Crippen molar-refractivity contribution in [2.24, 2.45) is 0 Å². The van der Waals surface area contributed by atoms with Crippen LogP contribution in [-0.2, 0) is 10.6 Å². The number of esters is 1. The van der Waals surface area contributed by atoms with E-state index in [-0.39, 0.29) is 16.5 Å². The molecule has 3 nitrogen and oxygen atoms in total. The van der Waals surface area contributed by atoms with Gasteiger partial charge >= 0.3 is 5.97 Å². The van der Waals surface area contributed by atoms with E-state index < -0.39 is 5.97 Å². The van der Waals surface area contributed by atoms with E-state index in [0.29, 0.717) is 11.1 Å². The number of rotatable bonds is 2. The number of carbonyl (C=O) groups excluding carboxylic acids is 1. The number of halogens is 2. The zero-order valence-electron chi connectivity index (χ0n) is 7.88. The van der Waals surface area contributed by atoms with E-state index >= 15 is 0 Å². The topological polar surface area (TPSA) is 50.1 Å². The third-order valence-corrected chi connectivity index (χ3v) is 2.42. The highest BCUT2D eigenvalue weighted by atomic mass is 35.5. The smallest absolute Gasteiger partial charge is 0.339 e. The number of carbonyl (C=O) groups is 1. The van der Waals surface area contributed by atoms with Gasteiger partial charge in [-0.15, -0.1) is 11.6 Å². The Hall–Kier alpha value is -1.24. The fraction of sp³-hybridized carbons (Fsp3) is 0.200. The second-order valence-corrected chi connectivity index (χ2v) is 3.40. The average Bonchev–Trinajstić information content (AvgIpc) is 2.26. The van der Waals surface area contributed by atoms with E-state index in [0.717, 1.165) is 0 Å². The molecule has 0 aliphatic rings. The number of ether oxygens (including phenoxy) is 1. The van der Waals surface area contributed by atoms with Gasteiger partial charge in [-0.25, -0.2) is 4.79 Å². The minimum atomic E-state index is -0.555. The molecule has 15 heavy (non-hydrogen) atoms. The van der Waals surface area contributed by atoms with Gasteiger partial charge in [-0.2, -0.15) is 5.26 Å². The summed E-state index contributed by atoms with van der Waals surface area (Å²) in [6, 6.07) is 4.86. The minimum absolute atomic E-state index is 0.0969. The van der Waals surface area contributed by atoms with E-state index in [9.17, 15) is 4.79 Å². The highest BCUT2D eigenvalue weighted by Crippen LogP contribution is 2.24. The molecule has 0 amide bonds. The largest absolute Gasteiger partial charge is 0.465 e. The number of alkyl halides is 1. The Labute approximate surface area is 97.2 Å². The fourth-order valence-corrected chi connectivity index (χ4v) is 1.69. The van der Waals surface area contributed by atoms with Crippen LogP contribution in [0.15, 0.2) is 12.1 Å². The molecular weight excluding hydrogens is 237 g/mol. The van der Waals surface area contributed by atoms with E-state index in [1.54, 1.807) is 0 Å². The average molecular weight is 244 g/mol. The Balaban J connectivity index is 3.39. The Morgan fingerprint density at radius 3 is 2.73 bits per heavy atom. The van der Waals surface area contributed by atoms with E-state index in [1.165, 1.54) is 19.2 Å². The third-order valence-electron chi connectivity index (χ3n) is 1.83. The summed E-state index contributed by atoms with van der Waals surface area (Å²) in [5, 5.41) is 8.88. The number of methoxy groups -OCH3 is 1. The van der Waals surface area contributed by atoms with Gasteiger partial charge in [0.15, 0.2) is 0 Å². The molecule has 0 N–H and O–H groups in total. The number of nitriles is 1. The highest BCUT2D eigenvalue weighted by Gasteiger charge is 2.16. The van der Waals surface area contributed by atoms with Gasteiger partial charge in [0.1, 0.15) is 0 Å². The molecule has 0 heterocycles. The van der Waals surface area contributed by atoms with Crippen molar-refractivity contribution < 1.29 is 9.53 Å². The van der Waals surface area contributed by atoms with Gasteiger partial charge in [-0.1, -0.05) is 11.6 Å². The molecule has 0 aromatic heterocycles. The second-order valence-electron chi connectivity index (χ2n) is 2.73. The molecular formula is C10H7Cl2NO2. The summed E-state index contributed by atoms with van der Waals surface area (Å²) in [5.74, 6) is -0.459. The van der Waals surface area contributed by atoms with Crippen molar-refractivity contribution in [3.05, 3.63) is 33.8 Å². The molecule has 0 atom stereocenters. The van der Waals surface area contributed by atoms with Gasteiger partial charge in [0.2, 0.25) is 0 Å². The monoisotopic (exact) mass is 243 g/mol. The summed E-state index contributed by atoms with van der Waals surface area (Å²) in [6.07, 6.45) is 0. The molecule has 0 radical (unpaired) electrons. The molecule has 0 aliphatic heterocycles. The lowest BCUT2D eigenvalue weighted by atomic mass is 10.1. The zero-order valence-corrected chi connectivity index (χ0v) is 9.39. The summed E-state index contributed by atoms with van der Waals surface area (Å²) < 4.78 is 4.57. The molecule has 0 bridgehead atoms. The molecule has 0 saturated heterocycles. The maximum absolute atomic E-state index is 11.4. The summed E-state index contributed by atoms with van der Waals surface area (Å²) in [5.41, 5.74) is 1.07. The standard InChI is InChI=1S/C10H7Cl2NO2/c1-15-10(14)9-7(4-11)2-6(5-13)3-8(9)12/h2-3H,4H2,1H3. The molecule has 0 spiro atoms. The SMILES string of the molecule is COC(=O)c1c(Cl)cc(C#N)cc1CCl. The highest BCUT2D eigenvalue weighted by molar-refractivity contribution is 6.34. The molecule has 78 valence electrons. The van der Waals surface area contributed by atoms with E-state index in [4.69, 9.17) is 28.5 Å². The molecule has 0 aliphatic carbocycles. The lowest BCUT2D eigenvalue weighted by Crippen LogP contribution is -2.06. The van der Waals surface area contributed by atoms with Gasteiger partial charge in [0, 0.05) is 5.88 Å². The van der Waals surface area contributed by atoms with Gasteiger partial charge in [-0.05, 0) is 17.7 Å². The summed E-state index contributed by atoms with van der Waals surface area (Å²) >= 11 is 11.5. The predicted molar refractivity (Wildman–Crippen MR) is 57.1 cm³/mol. The number of hydrogen-bond donors (Lipinski definition) is 0. The zero-order chi connectivity index (χ0) is 11.4. The van der Waals surface area contributed by atoms with Crippen LogP contribution in [0, 0.1) is 11.3 Å². The molecule has 5 heteroatoms. The van der Waals surface area contributed by atoms with Crippen LogP contribution in [0.4, 0.5) is 0 Å². The normalized spacial score (nSPS) is 9.47. The van der Waals surface area contributed by atoms with Gasteiger partial charge < -0.3 is 4.74 Å². The Morgan fingerprint density at radius 2 is 2.27 bits per heavy atom. The molecule has 1 aromatic rings. The van der Waals surface area contributed by atoms with Gasteiger partial charge in [0.25, 0.3) is 0 Å². The quantitative estimate of drug-likeness (QED) is 0.593. The maximum Gasteiger partial charge on any atom is 0.339 e. The van der Waals surface area contributed by atoms with E-state index in [1.807, 2.05) is 6.07 Å². The van der Waals surface area contributed by atoms with Crippen LogP contribution < -0.4 is 0 Å². The lowest BCUT2D eigenvalue weighted by Gasteiger charge is -2.07. The maximum atomic E-state index is 11.4. The molecule has 1 aromatic carbocycles. The minimum Gasteiger partial charge on any atom is -0.465 e. The van der Waals surface area contributed by atoms with Crippen LogP contribution in [0.2, 0.25) is 5.02 Å². The second kappa shape index (κ2) is 5.01. The van der Waals surface area contributed by atoms with Crippen LogP contribution in [0.25, 0.3) is 0 Å². The Bertz CT molecular complexity index is 438. The van der Waals surface area contributed by atoms with Crippen LogP contribution in [0.5, 0.6) is 0 Å². The lowest BCUT2D eigenvalue weighted by molar-refractivity contribution is 0.0600. The first kappa shape index (κ1) is 11.8. The van der Waals surface area contributed by atoms with Crippen molar-refractivity contribution in [3.8, 4) is 6.07 Å². The third kappa shape index (κ3) is 2.41. The number of hydrogen-bond acceptors (Lipinski definition) is 3. The van der Waals surface area contributed by atoms with Crippen molar-refractivity contribution in [3.63, 3.8) is 0 Å². The number of nitrogens with zero attached hydrogens (tertiary/aromatic N) is 1. The van der Waals surface area contributed by atoms with Crippen molar-refractivity contribution in [2.45, 2.75) is 5.88 Å². The molecule has 0 saturated carbocycles. The van der Waals surface area contributed by atoms with Gasteiger partial charge in [-0.3, -0.25) is 0 Å². The molecule has 0 fully saturated rings. The van der Waals surface area contributed by atoms with E-state index in [2.05, 4.69) is 4.74 Å². The number of benzene rings is 1. The molecule has 0 unspecified atom stereocenters.